The Morgan fingerprint density at radius 1 is 1.18 bits per heavy atom. The van der Waals surface area contributed by atoms with Crippen LogP contribution in [0.1, 0.15) is 37.8 Å². The van der Waals surface area contributed by atoms with Crippen molar-refractivity contribution in [3.05, 3.63) is 35.6 Å². The molecule has 2 heterocycles. The first-order valence-electron chi connectivity index (χ1n) is 8.71. The summed E-state index contributed by atoms with van der Waals surface area (Å²) in [4.78, 5) is 5.16. The van der Waals surface area contributed by atoms with Crippen molar-refractivity contribution in [3.8, 4) is 0 Å². The lowest BCUT2D eigenvalue weighted by Crippen LogP contribution is -2.52. The summed E-state index contributed by atoms with van der Waals surface area (Å²) in [5.41, 5.74) is 1.25. The molecule has 2 aliphatic rings. The van der Waals surface area contributed by atoms with Crippen molar-refractivity contribution in [1.82, 2.24) is 15.1 Å². The molecule has 0 saturated carbocycles. The van der Waals surface area contributed by atoms with E-state index in [0.29, 0.717) is 12.1 Å². The van der Waals surface area contributed by atoms with Gasteiger partial charge in [-0.05, 0) is 50.0 Å². The van der Waals surface area contributed by atoms with Crippen molar-refractivity contribution >= 4 is 0 Å². The molecule has 0 aliphatic carbocycles. The monoisotopic (exact) mass is 305 g/mol. The Bertz CT molecular complexity index is 456. The molecule has 22 heavy (non-hydrogen) atoms. The molecule has 0 bridgehead atoms. The predicted octanol–water partition coefficient (Wildman–Crippen LogP) is 2.65. The number of likely N-dealkylation sites (tertiary alicyclic amines) is 1. The van der Waals surface area contributed by atoms with Crippen LogP contribution in [0.5, 0.6) is 0 Å². The summed E-state index contributed by atoms with van der Waals surface area (Å²) in [6.45, 7) is 8.95. The molecule has 2 saturated heterocycles. The molecule has 4 heteroatoms. The van der Waals surface area contributed by atoms with Gasteiger partial charge < -0.3 is 10.2 Å². The first-order valence-corrected chi connectivity index (χ1v) is 8.71. The minimum atomic E-state index is -0.143. The van der Waals surface area contributed by atoms with Crippen LogP contribution in [0, 0.1) is 5.82 Å². The molecule has 0 radical (unpaired) electrons. The Labute approximate surface area is 133 Å². The van der Waals surface area contributed by atoms with Crippen LogP contribution in [0.2, 0.25) is 0 Å². The summed E-state index contributed by atoms with van der Waals surface area (Å²) >= 11 is 0. The molecular formula is C18H28FN3. The average Bonchev–Trinajstić information content (AvgIpc) is 3.07. The van der Waals surface area contributed by atoms with Crippen LogP contribution in [0.25, 0.3) is 0 Å². The quantitative estimate of drug-likeness (QED) is 0.902. The molecule has 2 aliphatic heterocycles. The fourth-order valence-corrected chi connectivity index (χ4v) is 3.73. The molecule has 0 aromatic heterocycles. The molecule has 2 unspecified atom stereocenters. The van der Waals surface area contributed by atoms with Crippen LogP contribution < -0.4 is 5.32 Å². The second-order valence-electron chi connectivity index (χ2n) is 6.63. The summed E-state index contributed by atoms with van der Waals surface area (Å²) in [7, 11) is 0. The largest absolute Gasteiger partial charge is 0.311 e. The minimum Gasteiger partial charge on any atom is -0.311 e. The first-order chi connectivity index (χ1) is 10.8. The zero-order valence-corrected chi connectivity index (χ0v) is 13.6. The van der Waals surface area contributed by atoms with Crippen molar-refractivity contribution in [2.75, 3.05) is 39.3 Å². The highest BCUT2D eigenvalue weighted by atomic mass is 19.1. The average molecular weight is 305 g/mol. The van der Waals surface area contributed by atoms with Gasteiger partial charge in [-0.3, -0.25) is 4.90 Å². The highest BCUT2D eigenvalue weighted by molar-refractivity contribution is 5.21. The Morgan fingerprint density at radius 3 is 2.59 bits per heavy atom. The molecule has 1 aromatic rings. The maximum atomic E-state index is 13.3. The molecule has 2 atom stereocenters. The van der Waals surface area contributed by atoms with E-state index in [1.165, 1.54) is 31.5 Å². The molecule has 122 valence electrons. The highest BCUT2D eigenvalue weighted by Crippen LogP contribution is 2.25. The van der Waals surface area contributed by atoms with Crippen LogP contribution in [-0.2, 0) is 0 Å². The zero-order valence-electron chi connectivity index (χ0n) is 13.6. The third kappa shape index (κ3) is 3.86. The van der Waals surface area contributed by atoms with Gasteiger partial charge in [-0.1, -0.05) is 19.1 Å². The van der Waals surface area contributed by atoms with E-state index in [1.807, 2.05) is 12.1 Å². The fraction of sp³-hybridized carbons (Fsp3) is 0.667. The van der Waals surface area contributed by atoms with E-state index in [1.54, 1.807) is 12.1 Å². The number of hydrogen-bond acceptors (Lipinski definition) is 3. The molecule has 0 amide bonds. The van der Waals surface area contributed by atoms with Crippen LogP contribution in [0.15, 0.2) is 24.3 Å². The molecule has 1 aromatic carbocycles. The lowest BCUT2D eigenvalue weighted by Gasteiger charge is -2.40. The predicted molar refractivity (Wildman–Crippen MR) is 88.5 cm³/mol. The van der Waals surface area contributed by atoms with E-state index >= 15 is 0 Å². The second kappa shape index (κ2) is 7.53. The molecule has 3 nitrogen and oxygen atoms in total. The van der Waals surface area contributed by atoms with Crippen molar-refractivity contribution in [2.45, 2.75) is 38.3 Å². The Balaban J connectivity index is 1.76. The summed E-state index contributed by atoms with van der Waals surface area (Å²) in [6, 6.07) is 8.11. The molecule has 0 spiro atoms. The topological polar surface area (TPSA) is 18.5 Å². The van der Waals surface area contributed by atoms with E-state index < -0.39 is 0 Å². The van der Waals surface area contributed by atoms with Gasteiger partial charge in [-0.2, -0.15) is 0 Å². The van der Waals surface area contributed by atoms with Crippen LogP contribution in [0.4, 0.5) is 4.39 Å². The van der Waals surface area contributed by atoms with E-state index in [2.05, 4.69) is 22.0 Å². The standard InChI is InChI=1S/C18H28FN3/c1-2-17-13-22(12-9-20-17)18(14-21-10-3-4-11-21)15-5-7-16(19)8-6-15/h5-8,17-18,20H,2-4,9-14H2,1H3. The summed E-state index contributed by atoms with van der Waals surface area (Å²) < 4.78 is 13.3. The molecule has 1 N–H and O–H groups in total. The molecular weight excluding hydrogens is 277 g/mol. The maximum absolute atomic E-state index is 13.3. The van der Waals surface area contributed by atoms with Gasteiger partial charge in [-0.15, -0.1) is 0 Å². The minimum absolute atomic E-state index is 0.143. The van der Waals surface area contributed by atoms with Gasteiger partial charge in [0, 0.05) is 38.3 Å². The normalized spacial score (nSPS) is 25.5. The molecule has 3 rings (SSSR count). The third-order valence-corrected chi connectivity index (χ3v) is 5.11. The van der Waals surface area contributed by atoms with E-state index in [4.69, 9.17) is 0 Å². The van der Waals surface area contributed by atoms with E-state index in [-0.39, 0.29) is 5.82 Å². The van der Waals surface area contributed by atoms with Crippen molar-refractivity contribution in [1.29, 1.82) is 0 Å². The Hall–Kier alpha value is -0.970. The van der Waals surface area contributed by atoms with Gasteiger partial charge in [-0.25, -0.2) is 4.39 Å². The second-order valence-corrected chi connectivity index (χ2v) is 6.63. The lowest BCUT2D eigenvalue weighted by molar-refractivity contribution is 0.112. The lowest BCUT2D eigenvalue weighted by atomic mass is 10.0. The number of hydrogen-bond donors (Lipinski definition) is 1. The van der Waals surface area contributed by atoms with Gasteiger partial charge in [0.05, 0.1) is 0 Å². The van der Waals surface area contributed by atoms with Crippen LogP contribution >= 0.6 is 0 Å². The third-order valence-electron chi connectivity index (χ3n) is 5.11. The van der Waals surface area contributed by atoms with Crippen molar-refractivity contribution in [2.24, 2.45) is 0 Å². The van der Waals surface area contributed by atoms with Gasteiger partial charge >= 0.3 is 0 Å². The smallest absolute Gasteiger partial charge is 0.123 e. The fourth-order valence-electron chi connectivity index (χ4n) is 3.73. The number of nitrogens with one attached hydrogen (secondary N) is 1. The number of rotatable bonds is 5. The van der Waals surface area contributed by atoms with E-state index in [0.717, 1.165) is 32.6 Å². The Morgan fingerprint density at radius 2 is 1.91 bits per heavy atom. The zero-order chi connectivity index (χ0) is 15.4. The highest BCUT2D eigenvalue weighted by Gasteiger charge is 2.28. The summed E-state index contributed by atoms with van der Waals surface area (Å²) in [5.74, 6) is -0.143. The number of halogens is 1. The number of piperazine rings is 1. The SMILES string of the molecule is CCC1CN(C(CN2CCCC2)c2ccc(F)cc2)CCN1. The first kappa shape index (κ1) is 15.9. The van der Waals surface area contributed by atoms with Crippen LogP contribution in [0.3, 0.4) is 0 Å². The number of nitrogens with zero attached hydrogens (tertiary/aromatic N) is 2. The van der Waals surface area contributed by atoms with E-state index in [9.17, 15) is 4.39 Å². The van der Waals surface area contributed by atoms with Gasteiger partial charge in [0.25, 0.3) is 0 Å². The van der Waals surface area contributed by atoms with Gasteiger partial charge in [0.1, 0.15) is 5.82 Å². The number of benzene rings is 1. The van der Waals surface area contributed by atoms with Gasteiger partial charge in [0.2, 0.25) is 0 Å². The summed E-state index contributed by atoms with van der Waals surface area (Å²) in [6.07, 6.45) is 3.79. The van der Waals surface area contributed by atoms with Crippen LogP contribution in [-0.4, -0.2) is 55.1 Å². The van der Waals surface area contributed by atoms with Crippen molar-refractivity contribution in [3.63, 3.8) is 0 Å². The maximum Gasteiger partial charge on any atom is 0.123 e. The van der Waals surface area contributed by atoms with Gasteiger partial charge in [0.15, 0.2) is 0 Å². The van der Waals surface area contributed by atoms with Crippen molar-refractivity contribution < 1.29 is 4.39 Å². The molecule has 2 fully saturated rings. The Kier molecular flexibility index (Phi) is 5.45. The summed E-state index contributed by atoms with van der Waals surface area (Å²) in [5, 5.41) is 3.59.